The molecule has 0 heterocycles. The Morgan fingerprint density at radius 2 is 1.82 bits per heavy atom. The molecule has 1 fully saturated rings. The molecule has 1 aromatic carbocycles. The van der Waals surface area contributed by atoms with E-state index in [1.54, 1.807) is 24.3 Å². The standard InChI is InChI=1S/C16H26N2O3S/c1-13(2)11-21-14-5-7-15(8-6-14)22(19,20)18-16(12-17)9-3-4-10-16/h5-8,13,18H,3-4,9-12,17H2,1-2H3. The van der Waals surface area contributed by atoms with Gasteiger partial charge in [-0.3, -0.25) is 0 Å². The summed E-state index contributed by atoms with van der Waals surface area (Å²) in [4.78, 5) is 0.254. The van der Waals surface area contributed by atoms with Crippen LogP contribution in [0.4, 0.5) is 0 Å². The van der Waals surface area contributed by atoms with Crippen LogP contribution in [-0.4, -0.2) is 27.1 Å². The van der Waals surface area contributed by atoms with Gasteiger partial charge in [0, 0.05) is 12.1 Å². The number of benzene rings is 1. The Labute approximate surface area is 133 Å². The van der Waals surface area contributed by atoms with Crippen LogP contribution in [-0.2, 0) is 10.0 Å². The number of ether oxygens (including phenoxy) is 1. The summed E-state index contributed by atoms with van der Waals surface area (Å²) in [6.07, 6.45) is 3.64. The van der Waals surface area contributed by atoms with Crippen molar-refractivity contribution in [2.24, 2.45) is 11.7 Å². The van der Waals surface area contributed by atoms with Crippen LogP contribution < -0.4 is 15.2 Å². The SMILES string of the molecule is CC(C)COc1ccc(S(=O)(=O)NC2(CN)CCCC2)cc1. The summed E-state index contributed by atoms with van der Waals surface area (Å²) in [5.41, 5.74) is 5.32. The molecule has 0 atom stereocenters. The van der Waals surface area contributed by atoms with Gasteiger partial charge in [-0.2, -0.15) is 0 Å². The molecule has 22 heavy (non-hydrogen) atoms. The molecule has 0 radical (unpaired) electrons. The van der Waals surface area contributed by atoms with Crippen LogP contribution in [0.1, 0.15) is 39.5 Å². The average Bonchev–Trinajstić information content (AvgIpc) is 2.94. The summed E-state index contributed by atoms with van der Waals surface area (Å²) in [7, 11) is -3.55. The first-order valence-corrected chi connectivity index (χ1v) is 9.32. The fraction of sp³-hybridized carbons (Fsp3) is 0.625. The number of rotatable bonds is 7. The molecule has 0 saturated heterocycles. The molecule has 1 aromatic rings. The lowest BCUT2D eigenvalue weighted by Crippen LogP contribution is -2.51. The van der Waals surface area contributed by atoms with Gasteiger partial charge in [0.1, 0.15) is 5.75 Å². The van der Waals surface area contributed by atoms with Gasteiger partial charge in [0.05, 0.1) is 11.5 Å². The van der Waals surface area contributed by atoms with E-state index in [-0.39, 0.29) is 4.90 Å². The van der Waals surface area contributed by atoms with E-state index in [9.17, 15) is 8.42 Å². The van der Waals surface area contributed by atoms with Gasteiger partial charge in [-0.25, -0.2) is 13.1 Å². The van der Waals surface area contributed by atoms with Gasteiger partial charge in [0.2, 0.25) is 10.0 Å². The van der Waals surface area contributed by atoms with E-state index < -0.39 is 15.6 Å². The minimum atomic E-state index is -3.55. The van der Waals surface area contributed by atoms with Crippen molar-refractivity contribution >= 4 is 10.0 Å². The maximum atomic E-state index is 12.5. The summed E-state index contributed by atoms with van der Waals surface area (Å²) in [5.74, 6) is 1.11. The fourth-order valence-corrected chi connectivity index (χ4v) is 4.19. The summed E-state index contributed by atoms with van der Waals surface area (Å²) in [5, 5.41) is 0. The molecule has 1 aliphatic carbocycles. The Balaban J connectivity index is 2.09. The van der Waals surface area contributed by atoms with Crippen molar-refractivity contribution in [1.29, 1.82) is 0 Å². The lowest BCUT2D eigenvalue weighted by Gasteiger charge is -2.28. The lowest BCUT2D eigenvalue weighted by molar-refractivity contribution is 0.271. The van der Waals surface area contributed by atoms with E-state index in [0.717, 1.165) is 25.7 Å². The van der Waals surface area contributed by atoms with E-state index in [2.05, 4.69) is 18.6 Å². The third-order valence-corrected chi connectivity index (χ3v) is 5.61. The van der Waals surface area contributed by atoms with Crippen LogP contribution in [0.15, 0.2) is 29.2 Å². The molecule has 6 heteroatoms. The summed E-state index contributed by atoms with van der Waals surface area (Å²) in [6.45, 7) is 5.08. The molecule has 5 nitrogen and oxygen atoms in total. The van der Waals surface area contributed by atoms with Crippen molar-refractivity contribution in [2.75, 3.05) is 13.2 Å². The fourth-order valence-electron chi connectivity index (χ4n) is 2.72. The van der Waals surface area contributed by atoms with E-state index in [1.807, 2.05) is 0 Å². The van der Waals surface area contributed by atoms with E-state index in [4.69, 9.17) is 10.5 Å². The second-order valence-corrected chi connectivity index (χ2v) is 8.16. The molecule has 0 aliphatic heterocycles. The van der Waals surface area contributed by atoms with Gasteiger partial charge in [0.15, 0.2) is 0 Å². The highest BCUT2D eigenvalue weighted by Crippen LogP contribution is 2.30. The second-order valence-electron chi connectivity index (χ2n) is 6.47. The van der Waals surface area contributed by atoms with Crippen molar-refractivity contribution in [3.05, 3.63) is 24.3 Å². The lowest BCUT2D eigenvalue weighted by atomic mass is 10.0. The first-order valence-electron chi connectivity index (χ1n) is 7.84. The summed E-state index contributed by atoms with van der Waals surface area (Å²) in [6, 6.07) is 6.55. The maximum absolute atomic E-state index is 12.5. The van der Waals surface area contributed by atoms with Gasteiger partial charge < -0.3 is 10.5 Å². The molecule has 2 rings (SSSR count). The first kappa shape index (κ1) is 17.2. The Morgan fingerprint density at radius 3 is 2.32 bits per heavy atom. The highest BCUT2D eigenvalue weighted by molar-refractivity contribution is 7.89. The summed E-state index contributed by atoms with van der Waals surface area (Å²) >= 11 is 0. The van der Waals surface area contributed by atoms with Gasteiger partial charge in [-0.15, -0.1) is 0 Å². The average molecular weight is 326 g/mol. The van der Waals surface area contributed by atoms with E-state index >= 15 is 0 Å². The molecule has 0 bridgehead atoms. The van der Waals surface area contributed by atoms with Crippen LogP contribution in [0.25, 0.3) is 0 Å². The normalized spacial score (nSPS) is 17.8. The van der Waals surface area contributed by atoms with Gasteiger partial charge in [0.25, 0.3) is 0 Å². The van der Waals surface area contributed by atoms with E-state index in [1.165, 1.54) is 0 Å². The molecular weight excluding hydrogens is 300 g/mol. The van der Waals surface area contributed by atoms with E-state index in [0.29, 0.717) is 24.8 Å². The van der Waals surface area contributed by atoms with Crippen molar-refractivity contribution in [3.63, 3.8) is 0 Å². The van der Waals surface area contributed by atoms with Crippen molar-refractivity contribution in [1.82, 2.24) is 4.72 Å². The second kappa shape index (κ2) is 6.98. The molecule has 0 unspecified atom stereocenters. The predicted molar refractivity (Wildman–Crippen MR) is 87.3 cm³/mol. The molecular formula is C16H26N2O3S. The quantitative estimate of drug-likeness (QED) is 0.805. The molecule has 0 amide bonds. The smallest absolute Gasteiger partial charge is 0.241 e. The molecule has 1 aliphatic rings. The number of nitrogens with one attached hydrogen (secondary N) is 1. The van der Waals surface area contributed by atoms with Gasteiger partial charge in [-0.1, -0.05) is 26.7 Å². The monoisotopic (exact) mass is 326 g/mol. The highest BCUT2D eigenvalue weighted by atomic mass is 32.2. The molecule has 1 saturated carbocycles. The van der Waals surface area contributed by atoms with Crippen LogP contribution in [0.3, 0.4) is 0 Å². The maximum Gasteiger partial charge on any atom is 0.241 e. The van der Waals surface area contributed by atoms with Crippen molar-refractivity contribution in [2.45, 2.75) is 50.0 Å². The highest BCUT2D eigenvalue weighted by Gasteiger charge is 2.36. The summed E-state index contributed by atoms with van der Waals surface area (Å²) < 4.78 is 33.4. The third-order valence-electron chi connectivity index (χ3n) is 4.02. The van der Waals surface area contributed by atoms with Crippen molar-refractivity contribution < 1.29 is 13.2 Å². The Bertz CT molecular complexity index is 576. The number of hydrogen-bond acceptors (Lipinski definition) is 4. The first-order chi connectivity index (χ1) is 10.4. The zero-order valence-corrected chi connectivity index (χ0v) is 14.2. The zero-order chi connectivity index (χ0) is 16.2. The number of nitrogens with two attached hydrogens (primary N) is 1. The van der Waals surface area contributed by atoms with Gasteiger partial charge >= 0.3 is 0 Å². The van der Waals surface area contributed by atoms with Crippen LogP contribution in [0, 0.1) is 5.92 Å². The van der Waals surface area contributed by atoms with Crippen molar-refractivity contribution in [3.8, 4) is 5.75 Å². The largest absolute Gasteiger partial charge is 0.493 e. The third kappa shape index (κ3) is 4.21. The van der Waals surface area contributed by atoms with Crippen LogP contribution >= 0.6 is 0 Å². The molecule has 124 valence electrons. The Hall–Kier alpha value is -1.11. The Kier molecular flexibility index (Phi) is 5.47. The van der Waals surface area contributed by atoms with Crippen LogP contribution in [0.2, 0.25) is 0 Å². The zero-order valence-electron chi connectivity index (χ0n) is 13.3. The molecule has 0 aromatic heterocycles. The Morgan fingerprint density at radius 1 is 1.23 bits per heavy atom. The molecule has 0 spiro atoms. The minimum absolute atomic E-state index is 0.254. The topological polar surface area (TPSA) is 81.4 Å². The van der Waals surface area contributed by atoms with Gasteiger partial charge in [-0.05, 0) is 43.0 Å². The predicted octanol–water partition coefficient (Wildman–Crippen LogP) is 2.27. The molecule has 3 N–H and O–H groups in total. The number of hydrogen-bond donors (Lipinski definition) is 2. The number of sulfonamides is 1. The minimum Gasteiger partial charge on any atom is -0.493 e. The van der Waals surface area contributed by atoms with Crippen LogP contribution in [0.5, 0.6) is 5.75 Å².